The maximum Gasteiger partial charge on any atom is 0.348 e. The molecular weight excluding hydrogens is 260 g/mol. The maximum absolute atomic E-state index is 12.0. The summed E-state index contributed by atoms with van der Waals surface area (Å²) < 4.78 is 13.2. The Labute approximate surface area is 105 Å². The van der Waals surface area contributed by atoms with Crippen molar-refractivity contribution in [3.05, 3.63) is 58.2 Å². The van der Waals surface area contributed by atoms with Gasteiger partial charge in [-0.2, -0.15) is 4.98 Å². The number of hydrogen-bond donors (Lipinski definition) is 0. The van der Waals surface area contributed by atoms with E-state index in [4.69, 9.17) is 11.6 Å². The van der Waals surface area contributed by atoms with E-state index in [2.05, 4.69) is 4.98 Å². The molecule has 1 heterocycles. The molecule has 1 unspecified atom stereocenters. The SMILES string of the molecule is O=c1ncc(Cl)cn1CS(=O)c1ccccc1. The Kier molecular flexibility index (Phi) is 3.71. The summed E-state index contributed by atoms with van der Waals surface area (Å²) in [4.78, 5) is 15.6. The van der Waals surface area contributed by atoms with Crippen LogP contribution in [-0.2, 0) is 16.7 Å². The van der Waals surface area contributed by atoms with E-state index in [0.717, 1.165) is 0 Å². The molecule has 0 amide bonds. The first-order valence-corrected chi connectivity index (χ1v) is 6.52. The van der Waals surface area contributed by atoms with Crippen LogP contribution in [0, 0.1) is 0 Å². The quantitative estimate of drug-likeness (QED) is 0.851. The molecule has 1 aromatic carbocycles. The van der Waals surface area contributed by atoms with Crippen LogP contribution in [0.4, 0.5) is 0 Å². The van der Waals surface area contributed by atoms with Crippen molar-refractivity contribution in [2.45, 2.75) is 10.8 Å². The van der Waals surface area contributed by atoms with Crippen LogP contribution in [0.2, 0.25) is 5.02 Å². The topological polar surface area (TPSA) is 52.0 Å². The first-order valence-electron chi connectivity index (χ1n) is 4.82. The highest BCUT2D eigenvalue weighted by molar-refractivity contribution is 7.84. The summed E-state index contributed by atoms with van der Waals surface area (Å²) in [6, 6.07) is 8.94. The average molecular weight is 269 g/mol. The van der Waals surface area contributed by atoms with Crippen molar-refractivity contribution in [1.29, 1.82) is 0 Å². The van der Waals surface area contributed by atoms with E-state index in [1.807, 2.05) is 6.07 Å². The van der Waals surface area contributed by atoms with Crippen LogP contribution < -0.4 is 5.69 Å². The predicted octanol–water partition coefficient (Wildman–Crippen LogP) is 1.66. The molecule has 2 rings (SSSR count). The van der Waals surface area contributed by atoms with E-state index in [-0.39, 0.29) is 5.88 Å². The summed E-state index contributed by atoms with van der Waals surface area (Å²) in [6.07, 6.45) is 2.70. The fourth-order valence-electron chi connectivity index (χ4n) is 1.29. The van der Waals surface area contributed by atoms with Gasteiger partial charge in [-0.15, -0.1) is 0 Å². The van der Waals surface area contributed by atoms with Crippen LogP contribution in [0.3, 0.4) is 0 Å². The Hall–Kier alpha value is -1.46. The van der Waals surface area contributed by atoms with Gasteiger partial charge in [0.15, 0.2) is 0 Å². The van der Waals surface area contributed by atoms with E-state index in [1.54, 1.807) is 24.3 Å². The minimum Gasteiger partial charge on any atom is -0.285 e. The Morgan fingerprint density at radius 2 is 2.00 bits per heavy atom. The fourth-order valence-corrected chi connectivity index (χ4v) is 2.51. The standard InChI is InChI=1S/C11H9ClN2O2S/c12-9-6-13-11(15)14(7-9)8-17(16)10-4-2-1-3-5-10/h1-7H,8H2. The monoisotopic (exact) mass is 268 g/mol. The number of aromatic nitrogens is 2. The van der Waals surface area contributed by atoms with Gasteiger partial charge in [-0.25, -0.2) is 4.79 Å². The minimum absolute atomic E-state index is 0.0520. The first kappa shape index (κ1) is 12.0. The third-order valence-corrected chi connectivity index (χ3v) is 3.59. The van der Waals surface area contributed by atoms with E-state index >= 15 is 0 Å². The Morgan fingerprint density at radius 3 is 2.71 bits per heavy atom. The molecule has 2 aromatic rings. The van der Waals surface area contributed by atoms with Gasteiger partial charge in [0.1, 0.15) is 5.88 Å². The molecular formula is C11H9ClN2O2S. The molecule has 1 aromatic heterocycles. The van der Waals surface area contributed by atoms with Crippen LogP contribution in [-0.4, -0.2) is 13.8 Å². The fraction of sp³-hybridized carbons (Fsp3) is 0.0909. The molecule has 6 heteroatoms. The lowest BCUT2D eigenvalue weighted by atomic mass is 10.4. The molecule has 0 aliphatic heterocycles. The summed E-state index contributed by atoms with van der Waals surface area (Å²) in [7, 11) is -1.29. The van der Waals surface area contributed by atoms with Gasteiger partial charge in [-0.3, -0.25) is 8.78 Å². The molecule has 0 N–H and O–H groups in total. The summed E-state index contributed by atoms with van der Waals surface area (Å²) >= 11 is 5.73. The van der Waals surface area contributed by atoms with Crippen LogP contribution in [0.5, 0.6) is 0 Å². The normalized spacial score (nSPS) is 12.3. The summed E-state index contributed by atoms with van der Waals surface area (Å²) in [6.45, 7) is 0. The molecule has 0 saturated heterocycles. The summed E-state index contributed by atoms with van der Waals surface area (Å²) in [5, 5.41) is 0.342. The van der Waals surface area contributed by atoms with Crippen molar-refractivity contribution in [3.63, 3.8) is 0 Å². The highest BCUT2D eigenvalue weighted by Crippen LogP contribution is 2.08. The maximum atomic E-state index is 12.0. The van der Waals surface area contributed by atoms with Crippen LogP contribution in [0.25, 0.3) is 0 Å². The second-order valence-electron chi connectivity index (χ2n) is 3.31. The zero-order valence-corrected chi connectivity index (χ0v) is 10.3. The highest BCUT2D eigenvalue weighted by atomic mass is 35.5. The van der Waals surface area contributed by atoms with Gasteiger partial charge in [-0.05, 0) is 12.1 Å². The first-order chi connectivity index (χ1) is 8.16. The molecule has 0 aliphatic rings. The van der Waals surface area contributed by atoms with Gasteiger partial charge in [0.2, 0.25) is 0 Å². The van der Waals surface area contributed by atoms with Crippen LogP contribution in [0.1, 0.15) is 0 Å². The molecule has 0 bridgehead atoms. The second kappa shape index (κ2) is 5.25. The van der Waals surface area contributed by atoms with Crippen molar-refractivity contribution in [3.8, 4) is 0 Å². The van der Waals surface area contributed by atoms with E-state index < -0.39 is 16.5 Å². The Bertz CT molecular complexity index is 598. The van der Waals surface area contributed by atoms with E-state index in [1.165, 1.54) is 17.0 Å². The van der Waals surface area contributed by atoms with Gasteiger partial charge in [-0.1, -0.05) is 29.8 Å². The number of halogens is 1. The van der Waals surface area contributed by atoms with Gasteiger partial charge in [0.05, 0.1) is 22.0 Å². The molecule has 88 valence electrons. The third kappa shape index (κ3) is 3.01. The number of rotatable bonds is 3. The van der Waals surface area contributed by atoms with E-state index in [9.17, 15) is 9.00 Å². The molecule has 1 atom stereocenters. The summed E-state index contributed by atoms with van der Waals surface area (Å²) in [5.74, 6) is 0.0520. The summed E-state index contributed by atoms with van der Waals surface area (Å²) in [5.41, 5.74) is -0.460. The van der Waals surface area contributed by atoms with Gasteiger partial charge in [0, 0.05) is 11.1 Å². The average Bonchev–Trinajstić information content (AvgIpc) is 2.35. The molecule has 4 nitrogen and oxygen atoms in total. The number of nitrogens with zero attached hydrogens (tertiary/aromatic N) is 2. The van der Waals surface area contributed by atoms with Gasteiger partial charge < -0.3 is 0 Å². The van der Waals surface area contributed by atoms with Gasteiger partial charge >= 0.3 is 5.69 Å². The highest BCUT2D eigenvalue weighted by Gasteiger charge is 2.06. The molecule has 0 saturated carbocycles. The van der Waals surface area contributed by atoms with E-state index in [0.29, 0.717) is 9.92 Å². The third-order valence-electron chi connectivity index (χ3n) is 2.09. The number of benzene rings is 1. The zero-order valence-electron chi connectivity index (χ0n) is 8.75. The van der Waals surface area contributed by atoms with Crippen molar-refractivity contribution in [2.75, 3.05) is 0 Å². The number of hydrogen-bond acceptors (Lipinski definition) is 3. The lowest BCUT2D eigenvalue weighted by Crippen LogP contribution is -2.23. The molecule has 0 aliphatic carbocycles. The molecule has 17 heavy (non-hydrogen) atoms. The zero-order chi connectivity index (χ0) is 12.3. The lowest BCUT2D eigenvalue weighted by molar-refractivity contribution is 0.666. The van der Waals surface area contributed by atoms with Crippen LogP contribution in [0.15, 0.2) is 52.4 Å². The lowest BCUT2D eigenvalue weighted by Gasteiger charge is -2.05. The van der Waals surface area contributed by atoms with Crippen molar-refractivity contribution in [1.82, 2.24) is 9.55 Å². The largest absolute Gasteiger partial charge is 0.348 e. The minimum atomic E-state index is -1.29. The molecule has 0 radical (unpaired) electrons. The van der Waals surface area contributed by atoms with Crippen molar-refractivity contribution in [2.24, 2.45) is 0 Å². The Morgan fingerprint density at radius 1 is 1.29 bits per heavy atom. The smallest absolute Gasteiger partial charge is 0.285 e. The van der Waals surface area contributed by atoms with Gasteiger partial charge in [0.25, 0.3) is 0 Å². The van der Waals surface area contributed by atoms with Crippen LogP contribution >= 0.6 is 11.6 Å². The second-order valence-corrected chi connectivity index (χ2v) is 5.17. The Balaban J connectivity index is 2.25. The van der Waals surface area contributed by atoms with Crippen molar-refractivity contribution < 1.29 is 4.21 Å². The predicted molar refractivity (Wildman–Crippen MR) is 66.4 cm³/mol. The van der Waals surface area contributed by atoms with Crippen molar-refractivity contribution >= 4 is 22.4 Å². The molecule has 0 fully saturated rings. The molecule has 0 spiro atoms.